The van der Waals surface area contributed by atoms with Crippen molar-refractivity contribution in [2.75, 3.05) is 0 Å². The van der Waals surface area contributed by atoms with Gasteiger partial charge in [-0.15, -0.1) is 0 Å². The highest BCUT2D eigenvalue weighted by Crippen LogP contribution is 2.22. The van der Waals surface area contributed by atoms with Crippen LogP contribution >= 0.6 is 38.5 Å². The van der Waals surface area contributed by atoms with Crippen LogP contribution in [0.1, 0.15) is 10.5 Å². The summed E-state index contributed by atoms with van der Waals surface area (Å²) in [4.78, 5) is 14.9. The van der Waals surface area contributed by atoms with Crippen molar-refractivity contribution in [3.8, 4) is 0 Å². The summed E-state index contributed by atoms with van der Waals surface area (Å²) in [5.41, 5.74) is 0.902. The Kier molecular flexibility index (Phi) is 2.56. The average molecular weight is 369 g/mol. The minimum Gasteiger partial charge on any atom is -0.296 e. The number of pyridine rings is 1. The number of hydrogen-bond donors (Lipinski definition) is 0. The number of carbonyl (C=O) groups excluding carboxylic acids is 1. The van der Waals surface area contributed by atoms with Crippen molar-refractivity contribution in [1.82, 2.24) is 9.38 Å². The quantitative estimate of drug-likeness (QED) is 0.573. The van der Waals surface area contributed by atoms with Gasteiger partial charge in [0.15, 0.2) is 11.9 Å². The van der Waals surface area contributed by atoms with Crippen molar-refractivity contribution in [2.45, 2.75) is 0 Å². The van der Waals surface area contributed by atoms with Crippen LogP contribution in [0.3, 0.4) is 0 Å². The first kappa shape index (κ1) is 10.0. The molecule has 0 aromatic carbocycles. The molecule has 0 unspecified atom stereocenters. The molecule has 6 heteroatoms. The molecule has 0 aliphatic heterocycles. The number of rotatable bonds is 1. The van der Waals surface area contributed by atoms with Crippen molar-refractivity contribution in [3.05, 3.63) is 31.9 Å². The molecule has 0 saturated carbocycles. The maximum atomic E-state index is 13.0. The highest BCUT2D eigenvalue weighted by molar-refractivity contribution is 14.1. The third kappa shape index (κ3) is 1.46. The Bertz CT molecular complexity index is 526. The zero-order valence-corrected chi connectivity index (χ0v) is 10.4. The van der Waals surface area contributed by atoms with E-state index in [2.05, 4.69) is 20.9 Å². The first-order chi connectivity index (χ1) is 6.63. The van der Waals surface area contributed by atoms with Crippen LogP contribution in [0.2, 0.25) is 0 Å². The summed E-state index contributed by atoms with van der Waals surface area (Å²) in [6, 6.07) is 1.31. The van der Waals surface area contributed by atoms with Gasteiger partial charge in [0.05, 0.1) is 4.47 Å². The van der Waals surface area contributed by atoms with Crippen LogP contribution in [0.15, 0.2) is 16.7 Å². The molecule has 0 amide bonds. The number of aromatic nitrogens is 2. The highest BCUT2D eigenvalue weighted by Gasteiger charge is 2.12. The second-order valence-electron chi connectivity index (χ2n) is 2.61. The summed E-state index contributed by atoms with van der Waals surface area (Å²) in [5.74, 6) is -0.415. The third-order valence-corrected chi connectivity index (χ3v) is 3.12. The van der Waals surface area contributed by atoms with Gasteiger partial charge < -0.3 is 0 Å². The zero-order valence-electron chi connectivity index (χ0n) is 6.67. The van der Waals surface area contributed by atoms with Gasteiger partial charge >= 0.3 is 0 Å². The van der Waals surface area contributed by atoms with Crippen molar-refractivity contribution >= 4 is 50.5 Å². The molecule has 0 aliphatic carbocycles. The fourth-order valence-electron chi connectivity index (χ4n) is 1.17. The fraction of sp³-hybridized carbons (Fsp3) is 0. The SMILES string of the molecule is O=Cc1c(I)nc2c(Br)cc(F)cn12. The zero-order chi connectivity index (χ0) is 10.3. The van der Waals surface area contributed by atoms with Crippen molar-refractivity contribution < 1.29 is 9.18 Å². The van der Waals surface area contributed by atoms with E-state index in [4.69, 9.17) is 0 Å². The van der Waals surface area contributed by atoms with Crippen LogP contribution < -0.4 is 0 Å². The molecule has 2 aromatic heterocycles. The Balaban J connectivity index is 2.94. The van der Waals surface area contributed by atoms with E-state index in [9.17, 15) is 9.18 Å². The lowest BCUT2D eigenvalue weighted by Crippen LogP contribution is -1.93. The molecule has 2 aromatic rings. The summed E-state index contributed by atoms with van der Waals surface area (Å²) in [7, 11) is 0. The number of fused-ring (bicyclic) bond motifs is 1. The minimum atomic E-state index is -0.415. The first-order valence-electron chi connectivity index (χ1n) is 3.61. The van der Waals surface area contributed by atoms with Crippen LogP contribution in [0.5, 0.6) is 0 Å². The Labute approximate surface area is 101 Å². The summed E-state index contributed by atoms with van der Waals surface area (Å²) in [6.07, 6.45) is 1.90. The monoisotopic (exact) mass is 368 g/mol. The van der Waals surface area contributed by atoms with Gasteiger partial charge in [-0.05, 0) is 44.6 Å². The van der Waals surface area contributed by atoms with Crippen LogP contribution in [0.4, 0.5) is 4.39 Å². The average Bonchev–Trinajstić information content (AvgIpc) is 2.41. The number of carbonyl (C=O) groups is 1. The lowest BCUT2D eigenvalue weighted by Gasteiger charge is -1.97. The topological polar surface area (TPSA) is 34.4 Å². The van der Waals surface area contributed by atoms with Gasteiger partial charge in [0.25, 0.3) is 0 Å². The van der Waals surface area contributed by atoms with Gasteiger partial charge in [-0.25, -0.2) is 9.37 Å². The second kappa shape index (κ2) is 3.58. The van der Waals surface area contributed by atoms with Gasteiger partial charge in [-0.1, -0.05) is 0 Å². The smallest absolute Gasteiger partial charge is 0.169 e. The minimum absolute atomic E-state index is 0.362. The largest absolute Gasteiger partial charge is 0.296 e. The number of imidazole rings is 1. The van der Waals surface area contributed by atoms with E-state index >= 15 is 0 Å². The van der Waals surface area contributed by atoms with E-state index < -0.39 is 5.82 Å². The third-order valence-electron chi connectivity index (χ3n) is 1.75. The molecule has 14 heavy (non-hydrogen) atoms. The molecule has 2 rings (SSSR count). The van der Waals surface area contributed by atoms with Gasteiger partial charge in [0.2, 0.25) is 0 Å². The van der Waals surface area contributed by atoms with Gasteiger partial charge in [-0.3, -0.25) is 9.20 Å². The highest BCUT2D eigenvalue weighted by atomic mass is 127. The molecule has 72 valence electrons. The molecule has 3 nitrogen and oxygen atoms in total. The molecule has 0 N–H and O–H groups in total. The maximum absolute atomic E-state index is 13.0. The summed E-state index contributed by atoms with van der Waals surface area (Å²) >= 11 is 5.12. The molecule has 2 heterocycles. The molecule has 0 aliphatic rings. The summed E-state index contributed by atoms with van der Waals surface area (Å²) in [6.45, 7) is 0. The standard InChI is InChI=1S/C8H3BrFIN2O/c9-5-1-4(10)2-13-6(3-14)7(11)12-8(5)13/h1-3H. The molecule has 0 spiro atoms. The summed E-state index contributed by atoms with van der Waals surface area (Å²) in [5, 5.41) is 0. The maximum Gasteiger partial charge on any atom is 0.169 e. The van der Waals surface area contributed by atoms with Crippen molar-refractivity contribution in [1.29, 1.82) is 0 Å². The second-order valence-corrected chi connectivity index (χ2v) is 4.48. The lowest BCUT2D eigenvalue weighted by molar-refractivity contribution is 0.111. The fourth-order valence-corrected chi connectivity index (χ4v) is 2.28. The molecular formula is C8H3BrFIN2O. The Hall–Kier alpha value is -0.500. The van der Waals surface area contributed by atoms with Gasteiger partial charge in [0.1, 0.15) is 15.2 Å². The number of aldehydes is 1. The van der Waals surface area contributed by atoms with Crippen LogP contribution in [0, 0.1) is 9.52 Å². The Morgan fingerprint density at radius 3 is 3.00 bits per heavy atom. The van der Waals surface area contributed by atoms with Crippen molar-refractivity contribution in [3.63, 3.8) is 0 Å². The van der Waals surface area contributed by atoms with E-state index in [-0.39, 0.29) is 0 Å². The van der Waals surface area contributed by atoms with E-state index in [0.717, 1.165) is 0 Å². The van der Waals surface area contributed by atoms with Crippen LogP contribution in [0.25, 0.3) is 5.65 Å². The van der Waals surface area contributed by atoms with Crippen LogP contribution in [-0.4, -0.2) is 15.7 Å². The van der Waals surface area contributed by atoms with Gasteiger partial charge in [0, 0.05) is 6.20 Å². The molecule has 0 fully saturated rings. The number of nitrogens with zero attached hydrogens (tertiary/aromatic N) is 2. The normalized spacial score (nSPS) is 10.8. The summed E-state index contributed by atoms with van der Waals surface area (Å²) < 4.78 is 15.5. The van der Waals surface area contributed by atoms with E-state index in [0.29, 0.717) is 25.8 Å². The van der Waals surface area contributed by atoms with E-state index in [1.165, 1.54) is 16.7 Å². The van der Waals surface area contributed by atoms with E-state index in [1.807, 2.05) is 22.6 Å². The first-order valence-corrected chi connectivity index (χ1v) is 5.48. The van der Waals surface area contributed by atoms with Gasteiger partial charge in [-0.2, -0.15) is 0 Å². The molecular weight excluding hydrogens is 366 g/mol. The Morgan fingerprint density at radius 1 is 1.64 bits per heavy atom. The number of hydrogen-bond acceptors (Lipinski definition) is 2. The Morgan fingerprint density at radius 2 is 2.36 bits per heavy atom. The molecule has 0 saturated heterocycles. The molecule has 0 atom stereocenters. The van der Waals surface area contributed by atoms with Crippen LogP contribution in [-0.2, 0) is 0 Å². The molecule has 0 bridgehead atoms. The predicted octanol–water partition coefficient (Wildman–Crippen LogP) is 2.65. The number of halogens is 3. The van der Waals surface area contributed by atoms with E-state index in [1.54, 1.807) is 0 Å². The predicted molar refractivity (Wildman–Crippen MR) is 61.0 cm³/mol. The lowest BCUT2D eigenvalue weighted by atomic mass is 10.4. The van der Waals surface area contributed by atoms with Crippen molar-refractivity contribution in [2.24, 2.45) is 0 Å². The molecule has 0 radical (unpaired) electrons.